The second-order valence-corrected chi connectivity index (χ2v) is 8.96. The normalized spacial score (nSPS) is 16.4. The molecule has 31 heavy (non-hydrogen) atoms. The number of rotatable bonds is 6. The van der Waals surface area contributed by atoms with Gasteiger partial charge in [0.15, 0.2) is 0 Å². The monoisotopic (exact) mass is 484 g/mol. The number of imidazole rings is 1. The van der Waals surface area contributed by atoms with Crippen molar-refractivity contribution in [3.05, 3.63) is 75.9 Å². The van der Waals surface area contributed by atoms with Crippen LogP contribution in [0.25, 0.3) is 5.69 Å². The molecule has 0 radical (unpaired) electrons. The maximum Gasteiger partial charge on any atom is 0.333 e. The van der Waals surface area contributed by atoms with Crippen LogP contribution in [0.4, 0.5) is 11.4 Å². The molecule has 1 fully saturated rings. The van der Waals surface area contributed by atoms with E-state index >= 15 is 0 Å². The fourth-order valence-electron chi connectivity index (χ4n) is 4.31. The molecule has 164 valence electrons. The molecular weight excluding hydrogens is 456 g/mol. The molecule has 2 unspecified atom stereocenters. The molecule has 1 aromatic heterocycles. The fraction of sp³-hybridized carbons (Fsp3) is 0.375. The van der Waals surface area contributed by atoms with E-state index in [0.717, 1.165) is 36.3 Å². The summed E-state index contributed by atoms with van der Waals surface area (Å²) in [7, 11) is 0. The quantitative estimate of drug-likeness (QED) is 0.573. The summed E-state index contributed by atoms with van der Waals surface area (Å²) in [5.41, 5.74) is 3.14. The summed E-state index contributed by atoms with van der Waals surface area (Å²) >= 11 is 3.49. The minimum Gasteiger partial charge on any atom is -0.391 e. The van der Waals surface area contributed by atoms with Crippen molar-refractivity contribution in [1.29, 1.82) is 0 Å². The van der Waals surface area contributed by atoms with E-state index in [-0.39, 0.29) is 11.7 Å². The van der Waals surface area contributed by atoms with Gasteiger partial charge in [0, 0.05) is 54.4 Å². The van der Waals surface area contributed by atoms with Crippen molar-refractivity contribution in [3.8, 4) is 5.69 Å². The standard InChI is InChI=1S/C24H29BrN4O2/c1-3-23(18(2)30)29-17-16-28(24(29)31)22-10-8-21(9-11-22)27-14-12-26(13-15-27)20-6-4-19(25)5-7-20/h4-11,16-18,23,30H,3,12-15H2,1-2H3. The Morgan fingerprint density at radius 3 is 1.84 bits per heavy atom. The van der Waals surface area contributed by atoms with Gasteiger partial charge in [-0.15, -0.1) is 0 Å². The van der Waals surface area contributed by atoms with Gasteiger partial charge in [-0.3, -0.25) is 9.13 Å². The Kier molecular flexibility index (Phi) is 6.53. The number of benzene rings is 2. The summed E-state index contributed by atoms with van der Waals surface area (Å²) in [5, 5.41) is 9.97. The van der Waals surface area contributed by atoms with E-state index in [1.807, 2.05) is 19.1 Å². The topological polar surface area (TPSA) is 53.6 Å². The average Bonchev–Trinajstić information content (AvgIpc) is 3.16. The van der Waals surface area contributed by atoms with Gasteiger partial charge >= 0.3 is 5.69 Å². The Balaban J connectivity index is 1.44. The van der Waals surface area contributed by atoms with Crippen molar-refractivity contribution in [1.82, 2.24) is 9.13 Å². The first kappa shape index (κ1) is 21.7. The Labute approximate surface area is 191 Å². The fourth-order valence-corrected chi connectivity index (χ4v) is 4.57. The van der Waals surface area contributed by atoms with Gasteiger partial charge in [-0.05, 0) is 61.9 Å². The Bertz CT molecular complexity index is 1050. The summed E-state index contributed by atoms with van der Waals surface area (Å²) in [6.07, 6.45) is 3.67. The van der Waals surface area contributed by atoms with E-state index in [1.165, 1.54) is 11.4 Å². The zero-order valence-electron chi connectivity index (χ0n) is 18.0. The maximum absolute atomic E-state index is 12.8. The average molecular weight is 485 g/mol. The lowest BCUT2D eigenvalue weighted by Crippen LogP contribution is -2.46. The highest BCUT2D eigenvalue weighted by molar-refractivity contribution is 9.10. The van der Waals surface area contributed by atoms with Crippen molar-refractivity contribution in [3.63, 3.8) is 0 Å². The van der Waals surface area contributed by atoms with Crippen molar-refractivity contribution >= 4 is 27.3 Å². The first-order valence-corrected chi connectivity index (χ1v) is 11.6. The highest BCUT2D eigenvalue weighted by Crippen LogP contribution is 2.23. The van der Waals surface area contributed by atoms with Crippen LogP contribution in [-0.4, -0.2) is 46.5 Å². The SMILES string of the molecule is CCC(C(C)O)n1ccn(-c2ccc(N3CCN(c4ccc(Br)cc4)CC3)cc2)c1=O. The van der Waals surface area contributed by atoms with Gasteiger partial charge in [0.05, 0.1) is 17.8 Å². The Morgan fingerprint density at radius 1 is 0.871 bits per heavy atom. The zero-order chi connectivity index (χ0) is 22.0. The van der Waals surface area contributed by atoms with Crippen molar-refractivity contribution in [2.24, 2.45) is 0 Å². The summed E-state index contributed by atoms with van der Waals surface area (Å²) < 4.78 is 4.36. The van der Waals surface area contributed by atoms with Crippen LogP contribution in [0.1, 0.15) is 26.3 Å². The molecule has 6 nitrogen and oxygen atoms in total. The van der Waals surface area contributed by atoms with Crippen LogP contribution in [0, 0.1) is 0 Å². The molecule has 1 aliphatic heterocycles. The van der Waals surface area contributed by atoms with E-state index in [4.69, 9.17) is 0 Å². The first-order chi connectivity index (χ1) is 15.0. The van der Waals surface area contributed by atoms with Crippen LogP contribution in [-0.2, 0) is 0 Å². The highest BCUT2D eigenvalue weighted by atomic mass is 79.9. The van der Waals surface area contributed by atoms with E-state index in [0.29, 0.717) is 6.42 Å². The van der Waals surface area contributed by atoms with Crippen molar-refractivity contribution in [2.45, 2.75) is 32.4 Å². The number of hydrogen-bond donors (Lipinski definition) is 1. The lowest BCUT2D eigenvalue weighted by molar-refractivity contribution is 0.125. The summed E-state index contributed by atoms with van der Waals surface area (Å²) in [4.78, 5) is 17.6. The number of piperazine rings is 1. The van der Waals surface area contributed by atoms with Crippen molar-refractivity contribution in [2.75, 3.05) is 36.0 Å². The molecule has 0 bridgehead atoms. The van der Waals surface area contributed by atoms with Gasteiger partial charge in [-0.2, -0.15) is 0 Å². The lowest BCUT2D eigenvalue weighted by Gasteiger charge is -2.37. The van der Waals surface area contributed by atoms with E-state index in [1.54, 1.807) is 28.5 Å². The van der Waals surface area contributed by atoms with Gasteiger partial charge in [0.2, 0.25) is 0 Å². The molecule has 0 saturated carbocycles. The zero-order valence-corrected chi connectivity index (χ0v) is 19.6. The lowest BCUT2D eigenvalue weighted by atomic mass is 10.1. The van der Waals surface area contributed by atoms with Crippen LogP contribution in [0.2, 0.25) is 0 Å². The smallest absolute Gasteiger partial charge is 0.333 e. The molecule has 2 aromatic carbocycles. The Morgan fingerprint density at radius 2 is 1.35 bits per heavy atom. The van der Waals surface area contributed by atoms with Crippen LogP contribution >= 0.6 is 15.9 Å². The van der Waals surface area contributed by atoms with Crippen LogP contribution in [0.5, 0.6) is 0 Å². The minimum absolute atomic E-state index is 0.122. The third-order valence-electron chi connectivity index (χ3n) is 6.10. The maximum atomic E-state index is 12.8. The van der Waals surface area contributed by atoms with Crippen molar-refractivity contribution < 1.29 is 5.11 Å². The molecule has 1 saturated heterocycles. The number of nitrogens with zero attached hydrogens (tertiary/aromatic N) is 4. The van der Waals surface area contributed by atoms with Crippen LogP contribution < -0.4 is 15.5 Å². The van der Waals surface area contributed by atoms with Gasteiger partial charge in [0.25, 0.3) is 0 Å². The van der Waals surface area contributed by atoms with Crippen LogP contribution in [0.3, 0.4) is 0 Å². The van der Waals surface area contributed by atoms with Gasteiger partial charge < -0.3 is 14.9 Å². The summed E-state index contributed by atoms with van der Waals surface area (Å²) in [6.45, 7) is 7.57. The molecule has 7 heteroatoms. The molecule has 4 rings (SSSR count). The highest BCUT2D eigenvalue weighted by Gasteiger charge is 2.20. The molecule has 3 aromatic rings. The predicted octanol–water partition coefficient (Wildman–Crippen LogP) is 4.06. The van der Waals surface area contributed by atoms with Gasteiger partial charge in [-0.25, -0.2) is 4.79 Å². The van der Waals surface area contributed by atoms with Crippen LogP contribution in [0.15, 0.2) is 70.2 Å². The number of halogens is 1. The third kappa shape index (κ3) is 4.57. The molecule has 1 aliphatic rings. The minimum atomic E-state index is -0.572. The Hall–Kier alpha value is -2.51. The molecule has 0 amide bonds. The van der Waals surface area contributed by atoms with Gasteiger partial charge in [-0.1, -0.05) is 22.9 Å². The second-order valence-electron chi connectivity index (χ2n) is 8.04. The third-order valence-corrected chi connectivity index (χ3v) is 6.63. The van der Waals surface area contributed by atoms with E-state index < -0.39 is 6.10 Å². The molecule has 0 aliphatic carbocycles. The number of hydrogen-bond acceptors (Lipinski definition) is 4. The molecular formula is C24H29BrN4O2. The largest absolute Gasteiger partial charge is 0.391 e. The number of aromatic nitrogens is 2. The molecule has 2 atom stereocenters. The number of anilines is 2. The second kappa shape index (κ2) is 9.32. The van der Waals surface area contributed by atoms with E-state index in [9.17, 15) is 9.90 Å². The molecule has 0 spiro atoms. The summed E-state index contributed by atoms with van der Waals surface area (Å²) in [6, 6.07) is 16.4. The molecule has 1 N–H and O–H groups in total. The summed E-state index contributed by atoms with van der Waals surface area (Å²) in [5.74, 6) is 0. The number of aliphatic hydroxyl groups is 1. The molecule has 2 heterocycles. The number of aliphatic hydroxyl groups excluding tert-OH is 1. The van der Waals surface area contributed by atoms with Gasteiger partial charge in [0.1, 0.15) is 0 Å². The van der Waals surface area contributed by atoms with E-state index in [2.05, 4.69) is 62.1 Å². The predicted molar refractivity (Wildman–Crippen MR) is 130 cm³/mol. The first-order valence-electron chi connectivity index (χ1n) is 10.8.